The molecule has 2 heterocycles. The predicted molar refractivity (Wildman–Crippen MR) is 71.4 cm³/mol. The maximum atomic E-state index is 5.67. The van der Waals surface area contributed by atoms with Gasteiger partial charge in [0.2, 0.25) is 11.8 Å². The first-order valence-corrected chi connectivity index (χ1v) is 6.49. The number of aromatic nitrogens is 4. The van der Waals surface area contributed by atoms with Crippen molar-refractivity contribution in [3.8, 4) is 11.5 Å². The van der Waals surface area contributed by atoms with Gasteiger partial charge >= 0.3 is 0 Å². The van der Waals surface area contributed by atoms with Crippen LogP contribution in [-0.4, -0.2) is 26.4 Å². The fraction of sp³-hybridized carbons (Fsp3) is 0.538. The molecule has 2 aromatic rings. The first-order chi connectivity index (χ1) is 9.10. The maximum Gasteiger partial charge on any atom is 0.249 e. The Balaban J connectivity index is 2.24. The van der Waals surface area contributed by atoms with Crippen molar-refractivity contribution < 1.29 is 4.42 Å². The molecule has 0 atom stereocenters. The van der Waals surface area contributed by atoms with E-state index in [4.69, 9.17) is 4.42 Å². The zero-order chi connectivity index (χ0) is 13.8. The second-order valence-electron chi connectivity index (χ2n) is 4.74. The lowest BCUT2D eigenvalue weighted by molar-refractivity contribution is 0.458. The van der Waals surface area contributed by atoms with Gasteiger partial charge < -0.3 is 9.73 Å². The van der Waals surface area contributed by atoms with Crippen molar-refractivity contribution in [2.45, 2.75) is 46.7 Å². The summed E-state index contributed by atoms with van der Waals surface area (Å²) >= 11 is 0. The van der Waals surface area contributed by atoms with Crippen molar-refractivity contribution in [2.75, 3.05) is 0 Å². The van der Waals surface area contributed by atoms with Crippen molar-refractivity contribution in [1.82, 2.24) is 25.7 Å². The van der Waals surface area contributed by atoms with Gasteiger partial charge in [-0.3, -0.25) is 0 Å². The van der Waals surface area contributed by atoms with Crippen LogP contribution in [0, 0.1) is 6.92 Å². The molecule has 2 rings (SSSR count). The summed E-state index contributed by atoms with van der Waals surface area (Å²) in [7, 11) is 0. The monoisotopic (exact) mass is 261 g/mol. The summed E-state index contributed by atoms with van der Waals surface area (Å²) in [5, 5.41) is 19.6. The molecule has 1 N–H and O–H groups in total. The van der Waals surface area contributed by atoms with Crippen LogP contribution >= 0.6 is 0 Å². The molecular formula is C13H19N5O. The van der Waals surface area contributed by atoms with Gasteiger partial charge in [-0.2, -0.15) is 10.2 Å². The van der Waals surface area contributed by atoms with E-state index in [1.807, 2.05) is 19.9 Å². The Hall–Kier alpha value is -1.82. The summed E-state index contributed by atoms with van der Waals surface area (Å²) in [5.41, 5.74) is 2.59. The average Bonchev–Trinajstić information content (AvgIpc) is 2.85. The number of nitrogens with zero attached hydrogens (tertiary/aromatic N) is 4. The summed E-state index contributed by atoms with van der Waals surface area (Å²) in [4.78, 5) is 0. The van der Waals surface area contributed by atoms with Gasteiger partial charge in [0.15, 0.2) is 0 Å². The molecule has 0 spiro atoms. The minimum absolute atomic E-state index is 0.381. The maximum absolute atomic E-state index is 5.67. The molecule has 2 aromatic heterocycles. The predicted octanol–water partition coefficient (Wildman–Crippen LogP) is 1.90. The van der Waals surface area contributed by atoms with Gasteiger partial charge in [0, 0.05) is 6.04 Å². The normalized spacial score (nSPS) is 11.2. The van der Waals surface area contributed by atoms with E-state index in [2.05, 4.69) is 39.6 Å². The average molecular weight is 261 g/mol. The largest absolute Gasteiger partial charge is 0.419 e. The summed E-state index contributed by atoms with van der Waals surface area (Å²) < 4.78 is 5.67. The van der Waals surface area contributed by atoms with Gasteiger partial charge in [-0.1, -0.05) is 20.8 Å². The van der Waals surface area contributed by atoms with Gasteiger partial charge in [-0.15, -0.1) is 10.2 Å². The van der Waals surface area contributed by atoms with E-state index >= 15 is 0 Å². The van der Waals surface area contributed by atoms with Gasteiger partial charge in [-0.25, -0.2) is 0 Å². The molecule has 0 fully saturated rings. The van der Waals surface area contributed by atoms with E-state index < -0.39 is 0 Å². The second-order valence-corrected chi connectivity index (χ2v) is 4.74. The third-order valence-corrected chi connectivity index (χ3v) is 2.69. The highest BCUT2D eigenvalue weighted by Gasteiger charge is 2.14. The van der Waals surface area contributed by atoms with Crippen LogP contribution < -0.4 is 5.32 Å². The van der Waals surface area contributed by atoms with Crippen LogP contribution in [0.5, 0.6) is 0 Å². The lowest BCUT2D eigenvalue weighted by atomic mass is 10.1. The topological polar surface area (TPSA) is 76.7 Å². The number of hydrogen-bond donors (Lipinski definition) is 1. The molecule has 102 valence electrons. The number of rotatable bonds is 5. The molecular weight excluding hydrogens is 242 g/mol. The quantitative estimate of drug-likeness (QED) is 0.885. The molecule has 0 amide bonds. The van der Waals surface area contributed by atoms with Gasteiger partial charge in [0.25, 0.3) is 0 Å². The Labute approximate surface area is 112 Å². The van der Waals surface area contributed by atoms with Crippen molar-refractivity contribution in [1.29, 1.82) is 0 Å². The molecule has 0 saturated heterocycles. The van der Waals surface area contributed by atoms with Crippen molar-refractivity contribution >= 4 is 0 Å². The second kappa shape index (κ2) is 5.88. The SMILES string of the molecule is CCc1nnc(C)cc1-c1nnc(CNC(C)C)o1. The Morgan fingerprint density at radius 2 is 2.00 bits per heavy atom. The van der Waals surface area contributed by atoms with Gasteiger partial charge in [-0.05, 0) is 19.4 Å². The van der Waals surface area contributed by atoms with Crippen LogP contribution in [-0.2, 0) is 13.0 Å². The zero-order valence-electron chi connectivity index (χ0n) is 11.8. The van der Waals surface area contributed by atoms with E-state index in [1.54, 1.807) is 0 Å². The highest BCUT2D eigenvalue weighted by Crippen LogP contribution is 2.21. The lowest BCUT2D eigenvalue weighted by Crippen LogP contribution is -2.21. The van der Waals surface area contributed by atoms with Crippen molar-refractivity contribution in [3.63, 3.8) is 0 Å². The Kier molecular flexibility index (Phi) is 4.21. The molecule has 6 heteroatoms. The minimum Gasteiger partial charge on any atom is -0.419 e. The number of aryl methyl sites for hydroxylation is 2. The number of nitrogens with one attached hydrogen (secondary N) is 1. The highest BCUT2D eigenvalue weighted by molar-refractivity contribution is 5.56. The highest BCUT2D eigenvalue weighted by atomic mass is 16.4. The molecule has 0 bridgehead atoms. The molecule has 6 nitrogen and oxygen atoms in total. The lowest BCUT2D eigenvalue weighted by Gasteiger charge is -2.04. The molecule has 0 aliphatic heterocycles. The fourth-order valence-corrected chi connectivity index (χ4v) is 1.69. The third-order valence-electron chi connectivity index (χ3n) is 2.69. The van der Waals surface area contributed by atoms with Crippen LogP contribution in [0.1, 0.15) is 38.0 Å². The molecule has 0 aliphatic carbocycles. The first kappa shape index (κ1) is 13.6. The third kappa shape index (κ3) is 3.35. The summed E-state index contributed by atoms with van der Waals surface area (Å²) in [5.74, 6) is 1.09. The Bertz CT molecular complexity index is 550. The van der Waals surface area contributed by atoms with Crippen LogP contribution in [0.4, 0.5) is 0 Å². The van der Waals surface area contributed by atoms with Gasteiger partial charge in [0.1, 0.15) is 0 Å². The Morgan fingerprint density at radius 3 is 2.68 bits per heavy atom. The smallest absolute Gasteiger partial charge is 0.249 e. The number of hydrogen-bond acceptors (Lipinski definition) is 6. The summed E-state index contributed by atoms with van der Waals surface area (Å²) in [6.45, 7) is 8.64. The first-order valence-electron chi connectivity index (χ1n) is 6.49. The van der Waals surface area contributed by atoms with Crippen molar-refractivity contribution in [2.24, 2.45) is 0 Å². The van der Waals surface area contributed by atoms with E-state index in [0.717, 1.165) is 23.4 Å². The molecule has 0 aromatic carbocycles. The standard InChI is InChI=1S/C13H19N5O/c1-5-11-10(6-9(4)15-16-11)13-18-17-12(19-13)7-14-8(2)3/h6,8,14H,5,7H2,1-4H3. The molecule has 0 radical (unpaired) electrons. The molecule has 0 unspecified atom stereocenters. The van der Waals surface area contributed by atoms with E-state index in [0.29, 0.717) is 24.4 Å². The van der Waals surface area contributed by atoms with Gasteiger partial charge in [0.05, 0.1) is 23.5 Å². The van der Waals surface area contributed by atoms with Crippen LogP contribution in [0.2, 0.25) is 0 Å². The summed E-state index contributed by atoms with van der Waals surface area (Å²) in [6, 6.07) is 2.31. The van der Waals surface area contributed by atoms with E-state index in [-0.39, 0.29) is 0 Å². The van der Waals surface area contributed by atoms with Crippen LogP contribution in [0.3, 0.4) is 0 Å². The molecule has 0 saturated carbocycles. The fourth-order valence-electron chi connectivity index (χ4n) is 1.69. The molecule has 0 aliphatic rings. The zero-order valence-corrected chi connectivity index (χ0v) is 11.8. The van der Waals surface area contributed by atoms with Crippen LogP contribution in [0.25, 0.3) is 11.5 Å². The van der Waals surface area contributed by atoms with E-state index in [9.17, 15) is 0 Å². The molecule has 19 heavy (non-hydrogen) atoms. The van der Waals surface area contributed by atoms with Crippen molar-refractivity contribution in [3.05, 3.63) is 23.3 Å². The van der Waals surface area contributed by atoms with Crippen LogP contribution in [0.15, 0.2) is 10.5 Å². The van der Waals surface area contributed by atoms with E-state index in [1.165, 1.54) is 0 Å². The Morgan fingerprint density at radius 1 is 1.21 bits per heavy atom. The minimum atomic E-state index is 0.381. The summed E-state index contributed by atoms with van der Waals surface area (Å²) in [6.07, 6.45) is 0.782.